The maximum absolute atomic E-state index is 5.78. The van der Waals surface area contributed by atoms with Crippen LogP contribution in [0.15, 0.2) is 66.9 Å². The minimum atomic E-state index is 0.464. The van der Waals surface area contributed by atoms with Gasteiger partial charge in [-0.2, -0.15) is 0 Å². The number of nitrogens with zero attached hydrogens (tertiary/aromatic N) is 2. The summed E-state index contributed by atoms with van der Waals surface area (Å²) in [5, 5.41) is 0. The monoisotopic (exact) mass is 359 g/mol. The molecule has 0 radical (unpaired) electrons. The van der Waals surface area contributed by atoms with E-state index in [1.54, 1.807) is 18.3 Å². The third-order valence-corrected chi connectivity index (χ3v) is 5.23. The highest BCUT2D eigenvalue weighted by atomic mass is 16.5. The average molecular weight is 359 g/mol. The number of nitrogen functional groups attached to an aromatic ring is 1. The molecule has 2 aromatic carbocycles. The Balaban J connectivity index is 1.50. The molecule has 2 N–H and O–H groups in total. The summed E-state index contributed by atoms with van der Waals surface area (Å²) in [5.41, 5.74) is 10.1. The quantitative estimate of drug-likeness (QED) is 0.673. The van der Waals surface area contributed by atoms with E-state index >= 15 is 0 Å². The summed E-state index contributed by atoms with van der Waals surface area (Å²) in [6.45, 7) is 4.72. The highest BCUT2D eigenvalue weighted by Gasteiger charge is 2.19. The Morgan fingerprint density at radius 3 is 2.44 bits per heavy atom. The molecule has 1 saturated heterocycles. The van der Waals surface area contributed by atoms with Gasteiger partial charge in [-0.25, -0.2) is 4.98 Å². The van der Waals surface area contributed by atoms with Crippen molar-refractivity contribution in [3.63, 3.8) is 0 Å². The molecular formula is C23H25N3O. The van der Waals surface area contributed by atoms with Crippen LogP contribution in [0, 0.1) is 0 Å². The number of hydrogen-bond donors (Lipinski definition) is 1. The predicted octanol–water partition coefficient (Wildman–Crippen LogP) is 5.28. The molecule has 0 bridgehead atoms. The second kappa shape index (κ2) is 7.80. The molecule has 1 aliphatic heterocycles. The minimum absolute atomic E-state index is 0.464. The third kappa shape index (κ3) is 4.12. The fourth-order valence-corrected chi connectivity index (χ4v) is 3.61. The van der Waals surface area contributed by atoms with Gasteiger partial charge in [0.15, 0.2) is 0 Å². The molecule has 1 fully saturated rings. The average Bonchev–Trinajstić information content (AvgIpc) is 3.25. The molecule has 0 aliphatic carbocycles. The van der Waals surface area contributed by atoms with Crippen molar-refractivity contribution in [1.29, 1.82) is 0 Å². The van der Waals surface area contributed by atoms with Gasteiger partial charge in [0.1, 0.15) is 5.75 Å². The largest absolute Gasteiger partial charge is 0.439 e. The topological polar surface area (TPSA) is 51.4 Å². The van der Waals surface area contributed by atoms with E-state index in [0.29, 0.717) is 17.6 Å². The van der Waals surface area contributed by atoms with E-state index in [2.05, 4.69) is 53.2 Å². The number of pyridine rings is 1. The molecule has 1 aromatic heterocycles. The highest BCUT2D eigenvalue weighted by molar-refractivity contribution is 5.65. The van der Waals surface area contributed by atoms with Gasteiger partial charge in [0.25, 0.3) is 0 Å². The van der Waals surface area contributed by atoms with E-state index in [0.717, 1.165) is 5.75 Å². The molecule has 1 atom stereocenters. The molecule has 0 spiro atoms. The normalized spacial score (nSPS) is 15.6. The molecule has 27 heavy (non-hydrogen) atoms. The Labute approximate surface area is 160 Å². The number of benzene rings is 2. The van der Waals surface area contributed by atoms with Crippen molar-refractivity contribution in [2.75, 3.05) is 18.8 Å². The van der Waals surface area contributed by atoms with Crippen molar-refractivity contribution in [1.82, 2.24) is 9.88 Å². The van der Waals surface area contributed by atoms with Gasteiger partial charge in [0.2, 0.25) is 5.88 Å². The first-order valence-electron chi connectivity index (χ1n) is 9.53. The van der Waals surface area contributed by atoms with Crippen LogP contribution in [-0.2, 0) is 0 Å². The lowest BCUT2D eigenvalue weighted by molar-refractivity contribution is 0.263. The summed E-state index contributed by atoms with van der Waals surface area (Å²) >= 11 is 0. The van der Waals surface area contributed by atoms with Crippen LogP contribution >= 0.6 is 0 Å². The Kier molecular flexibility index (Phi) is 5.07. The van der Waals surface area contributed by atoms with Crippen molar-refractivity contribution < 1.29 is 4.74 Å². The van der Waals surface area contributed by atoms with Gasteiger partial charge < -0.3 is 10.5 Å². The number of rotatable bonds is 5. The number of ether oxygens (including phenoxy) is 1. The zero-order valence-electron chi connectivity index (χ0n) is 15.6. The fraction of sp³-hybridized carbons (Fsp3) is 0.261. The lowest BCUT2D eigenvalue weighted by Gasteiger charge is -2.24. The molecule has 0 saturated carbocycles. The summed E-state index contributed by atoms with van der Waals surface area (Å²) in [6, 6.07) is 21.0. The van der Waals surface area contributed by atoms with E-state index < -0.39 is 0 Å². The van der Waals surface area contributed by atoms with E-state index in [9.17, 15) is 0 Å². The van der Waals surface area contributed by atoms with Gasteiger partial charge in [-0.1, -0.05) is 30.3 Å². The molecule has 2 heterocycles. The summed E-state index contributed by atoms with van der Waals surface area (Å²) in [7, 11) is 0. The first kappa shape index (κ1) is 17.6. The first-order chi connectivity index (χ1) is 13.2. The van der Waals surface area contributed by atoms with Crippen LogP contribution < -0.4 is 10.5 Å². The van der Waals surface area contributed by atoms with Crippen LogP contribution in [0.2, 0.25) is 0 Å². The Morgan fingerprint density at radius 2 is 1.74 bits per heavy atom. The predicted molar refractivity (Wildman–Crippen MR) is 110 cm³/mol. The highest BCUT2D eigenvalue weighted by Crippen LogP contribution is 2.30. The van der Waals surface area contributed by atoms with Crippen molar-refractivity contribution in [2.24, 2.45) is 0 Å². The van der Waals surface area contributed by atoms with Crippen molar-refractivity contribution in [3.8, 4) is 22.8 Å². The van der Waals surface area contributed by atoms with Gasteiger partial charge in [-0.15, -0.1) is 0 Å². The smallest absolute Gasteiger partial charge is 0.219 e. The van der Waals surface area contributed by atoms with Gasteiger partial charge >= 0.3 is 0 Å². The maximum atomic E-state index is 5.78. The Bertz CT molecular complexity index is 884. The maximum Gasteiger partial charge on any atom is 0.219 e. The lowest BCUT2D eigenvalue weighted by atomic mass is 9.99. The van der Waals surface area contributed by atoms with Crippen LogP contribution in [0.4, 0.5) is 5.69 Å². The molecule has 1 aliphatic rings. The second-order valence-corrected chi connectivity index (χ2v) is 7.10. The van der Waals surface area contributed by atoms with E-state index in [-0.39, 0.29) is 0 Å². The van der Waals surface area contributed by atoms with E-state index in [1.165, 1.54) is 42.6 Å². The zero-order valence-corrected chi connectivity index (χ0v) is 15.6. The third-order valence-electron chi connectivity index (χ3n) is 5.23. The van der Waals surface area contributed by atoms with Crippen LogP contribution in [0.5, 0.6) is 11.6 Å². The molecule has 4 nitrogen and oxygen atoms in total. The van der Waals surface area contributed by atoms with Crippen LogP contribution in [0.3, 0.4) is 0 Å². The lowest BCUT2D eigenvalue weighted by Crippen LogP contribution is -2.23. The fourth-order valence-electron chi connectivity index (χ4n) is 3.61. The summed E-state index contributed by atoms with van der Waals surface area (Å²) in [4.78, 5) is 6.74. The zero-order chi connectivity index (χ0) is 18.6. The van der Waals surface area contributed by atoms with Crippen LogP contribution in [0.25, 0.3) is 11.1 Å². The molecule has 138 valence electrons. The molecule has 3 aromatic rings. The van der Waals surface area contributed by atoms with Crippen LogP contribution in [0.1, 0.15) is 31.4 Å². The van der Waals surface area contributed by atoms with Gasteiger partial charge in [0.05, 0.1) is 11.9 Å². The molecule has 0 amide bonds. The number of nitrogens with two attached hydrogens (primary N) is 1. The standard InChI is InChI=1S/C23H25N3O/c1-17(26-13-2-3-14-26)19-5-4-6-20(15-19)18-7-10-22(11-8-18)27-23-12-9-21(24)16-25-23/h4-12,15-17H,2-3,13-14,24H2,1H3/t17-/m1/s1. The van der Waals surface area contributed by atoms with Gasteiger partial charge in [0, 0.05) is 12.1 Å². The summed E-state index contributed by atoms with van der Waals surface area (Å²) in [6.07, 6.45) is 4.22. The Hall–Kier alpha value is -2.85. The molecule has 0 unspecified atom stereocenters. The number of anilines is 1. The molecular weight excluding hydrogens is 334 g/mol. The Morgan fingerprint density at radius 1 is 0.963 bits per heavy atom. The molecule has 4 heteroatoms. The number of hydrogen-bond acceptors (Lipinski definition) is 4. The number of likely N-dealkylation sites (tertiary alicyclic amines) is 1. The number of aromatic nitrogens is 1. The van der Waals surface area contributed by atoms with Crippen molar-refractivity contribution in [2.45, 2.75) is 25.8 Å². The summed E-state index contributed by atoms with van der Waals surface area (Å²) in [5.74, 6) is 1.30. The van der Waals surface area contributed by atoms with Crippen molar-refractivity contribution in [3.05, 3.63) is 72.4 Å². The first-order valence-corrected chi connectivity index (χ1v) is 9.53. The second-order valence-electron chi connectivity index (χ2n) is 7.10. The van der Waals surface area contributed by atoms with Crippen molar-refractivity contribution >= 4 is 5.69 Å². The van der Waals surface area contributed by atoms with E-state index in [1.807, 2.05) is 12.1 Å². The molecule has 4 rings (SSSR count). The van der Waals surface area contributed by atoms with Gasteiger partial charge in [-0.05, 0) is 73.8 Å². The SMILES string of the molecule is C[C@H](c1cccc(-c2ccc(Oc3ccc(N)cn3)cc2)c1)N1CCCC1. The van der Waals surface area contributed by atoms with Crippen LogP contribution in [-0.4, -0.2) is 23.0 Å². The van der Waals surface area contributed by atoms with Gasteiger partial charge in [-0.3, -0.25) is 4.90 Å². The summed E-state index contributed by atoms with van der Waals surface area (Å²) < 4.78 is 5.78. The minimum Gasteiger partial charge on any atom is -0.439 e. The van der Waals surface area contributed by atoms with E-state index in [4.69, 9.17) is 10.5 Å².